The van der Waals surface area contributed by atoms with Crippen molar-refractivity contribution in [2.75, 3.05) is 30.3 Å². The minimum atomic E-state index is -4.46. The molecule has 0 radical (unpaired) electrons. The third kappa shape index (κ3) is 26.3. The fourth-order valence-electron chi connectivity index (χ4n) is 11.1. The average Bonchev–Trinajstić information content (AvgIpc) is 1.69. The number of carbonyl (C=O) groups is 8. The fraction of sp³-hybridized carbons (Fsp3) is 0.309. The van der Waals surface area contributed by atoms with Crippen LogP contribution >= 0.6 is 75.5 Å². The van der Waals surface area contributed by atoms with Crippen LogP contribution in [-0.2, 0) is 27.2 Å². The molecule has 3 aliphatic heterocycles. The molecule has 3 amide bonds. The molecule has 0 spiro atoms. The van der Waals surface area contributed by atoms with Crippen molar-refractivity contribution in [3.63, 3.8) is 0 Å². The molecular formula is C81H87BrCl5F7N18O9. The largest absolute Gasteiger partial charge is 0.481 e. The van der Waals surface area contributed by atoms with E-state index in [-0.39, 0.29) is 103 Å². The number of nitrogens with two attached hydrogens (primary N) is 1. The Balaban J connectivity index is 0.000000303. The van der Waals surface area contributed by atoms with Crippen LogP contribution in [-0.4, -0.2) is 160 Å². The number of carboxylic acids is 1. The number of fused-ring (bicyclic) bond motifs is 7. The number of rotatable bonds is 8. The van der Waals surface area contributed by atoms with Gasteiger partial charge in [0.15, 0.2) is 32.8 Å². The predicted octanol–water partition coefficient (Wildman–Crippen LogP) is 17.6. The van der Waals surface area contributed by atoms with Crippen LogP contribution in [0.4, 0.5) is 36.6 Å². The fourth-order valence-corrected chi connectivity index (χ4v) is 11.8. The number of carboxylic acid groups (broad SMARTS) is 1. The Kier molecular flexibility index (Phi) is 36.9. The first-order chi connectivity index (χ1) is 54.8. The van der Waals surface area contributed by atoms with E-state index in [9.17, 15) is 64.3 Å². The van der Waals surface area contributed by atoms with Crippen LogP contribution < -0.4 is 33.2 Å². The van der Waals surface area contributed by atoms with E-state index < -0.39 is 35.3 Å². The number of halogens is 13. The Labute approximate surface area is 725 Å². The van der Waals surface area contributed by atoms with Gasteiger partial charge in [0.05, 0.1) is 84.4 Å². The van der Waals surface area contributed by atoms with Gasteiger partial charge in [0.1, 0.15) is 44.7 Å². The molecule has 5 aromatic carbocycles. The molecule has 0 bridgehead atoms. The number of aromatic amines is 2. The van der Waals surface area contributed by atoms with Gasteiger partial charge in [-0.05, 0) is 137 Å². The minimum absolute atomic E-state index is 0. The number of ketones is 4. The lowest BCUT2D eigenvalue weighted by Gasteiger charge is -2.30. The molecule has 3 aliphatic rings. The van der Waals surface area contributed by atoms with E-state index in [1.807, 2.05) is 43.3 Å². The first-order valence-electron chi connectivity index (χ1n) is 35.6. The number of anilines is 1. The number of aryl methyl sites for hydroxylation is 5. The molecule has 646 valence electrons. The van der Waals surface area contributed by atoms with Crippen LogP contribution in [0.3, 0.4) is 0 Å². The van der Waals surface area contributed by atoms with Crippen LogP contribution in [0.15, 0.2) is 103 Å². The summed E-state index contributed by atoms with van der Waals surface area (Å²) in [4.78, 5) is 137. The van der Waals surface area contributed by atoms with Gasteiger partial charge in [0, 0.05) is 96.4 Å². The highest BCUT2D eigenvalue weighted by molar-refractivity contribution is 9.09. The number of hydrogen-bond donors (Lipinski definition) is 9. The van der Waals surface area contributed by atoms with Crippen molar-refractivity contribution in [3.8, 4) is 22.5 Å². The van der Waals surface area contributed by atoms with Crippen LogP contribution in [0.5, 0.6) is 0 Å². The molecule has 1 saturated heterocycles. The standard InChI is InChI=1S/C20H20F3N5O.C16H13ClN4O.C11H8BrClN2O.C11H9ClN2O.C11H9FN2O.C5H7NO2.C4H8F3N.C2H4O2.CH4.2ClH.H3N/c1-10-17(28-19(2,3)20(21,22)23)27-16-11(5-4-6-14(16)25-10)15-9-12-13(26-15)7-8-24-18(12)29;1-8-15(17)21-14-9(3-2-4-12(14)19-8)13-7-10-11(20-13)5-6-18-16(10)22;1-6-11(13)15-10-7(9(16)5-12)3-2-4-8(10)14-6;2*1-6-11(12)14-10-8(7(2)15)4-3-5-9(10)13-6;7-4-1-2-6-5(8)3-4;1-3(2,8)4(5,6)7;1-2(3)4;;;;/h4-6,9,26H,7-8H2,1-3H3,(H,24,29)(H,27,28);2-4,7,20H,5-6H2,1H3,(H,18,22);2-4H,5H2,1H3;2*3-5H,1-2H3;1-3H2,(H,6,8);8H2,1-2H3;1H3,(H,3,4);1H4;2*1H;1H3. The highest BCUT2D eigenvalue weighted by Crippen LogP contribution is 2.37. The number of aliphatic carboxylic acids is 1. The topological polar surface area (TPSA) is 426 Å². The highest BCUT2D eigenvalue weighted by Gasteiger charge is 2.48. The van der Waals surface area contributed by atoms with Crippen LogP contribution in [0.25, 0.3) is 77.7 Å². The smallest absolute Gasteiger partial charge is 0.410 e. The van der Waals surface area contributed by atoms with Gasteiger partial charge in [0.2, 0.25) is 11.9 Å². The summed E-state index contributed by atoms with van der Waals surface area (Å²) >= 11 is 21.1. The SMILES string of the molecule is C.CC(=O)O.CC(=O)c1cccc2nc(C)c(Cl)nc12.CC(=O)c1cccc2nc(C)c(F)nc12.CC(C)(N)C(F)(F)F.Cc1nc2cccc(-c3cc4c([nH]3)CCNC4=O)c2nc1Cl.Cc1nc2cccc(-c3cc4c([nH]3)CCNC4=O)c2nc1NC(C)(C)C(F)(F)F.Cc1nc2cccc(C(=O)CBr)c2nc1Cl.Cl.Cl.N.O=C1CCNC(=O)C1. The quantitative estimate of drug-likeness (QED) is 0.0295. The van der Waals surface area contributed by atoms with Crippen molar-refractivity contribution < 1.29 is 74.2 Å². The third-order valence-corrected chi connectivity index (χ3v) is 19.0. The Morgan fingerprint density at radius 1 is 0.496 bits per heavy atom. The highest BCUT2D eigenvalue weighted by atomic mass is 79.9. The normalized spacial score (nSPS) is 12.6. The zero-order valence-corrected chi connectivity index (χ0v) is 71.9. The Morgan fingerprint density at radius 2 is 0.835 bits per heavy atom. The van der Waals surface area contributed by atoms with E-state index in [0.717, 1.165) is 74.7 Å². The number of nitrogens with one attached hydrogen (secondary N) is 6. The van der Waals surface area contributed by atoms with Crippen LogP contribution in [0, 0.1) is 40.6 Å². The molecule has 0 atom stereocenters. The maximum absolute atomic E-state index is 13.3. The van der Waals surface area contributed by atoms with Crippen molar-refractivity contribution in [1.29, 1.82) is 0 Å². The Morgan fingerprint density at radius 3 is 1.19 bits per heavy atom. The second kappa shape index (κ2) is 43.5. The number of aromatic nitrogens is 12. The van der Waals surface area contributed by atoms with Gasteiger partial charge in [-0.15, -0.1) is 24.8 Å². The molecule has 0 saturated carbocycles. The van der Waals surface area contributed by atoms with Crippen LogP contribution in [0.2, 0.25) is 15.5 Å². The van der Waals surface area contributed by atoms with E-state index >= 15 is 0 Å². The van der Waals surface area contributed by atoms with Gasteiger partial charge in [-0.3, -0.25) is 38.4 Å². The van der Waals surface area contributed by atoms with Crippen molar-refractivity contribution in [2.45, 2.75) is 140 Å². The lowest BCUT2D eigenvalue weighted by Crippen LogP contribution is -2.47. The van der Waals surface area contributed by atoms with Gasteiger partial charge < -0.3 is 48.2 Å². The molecule has 121 heavy (non-hydrogen) atoms. The van der Waals surface area contributed by atoms with Crippen molar-refractivity contribution in [2.24, 2.45) is 5.73 Å². The van der Waals surface area contributed by atoms with Gasteiger partial charge in [0.25, 0.3) is 17.8 Å². The van der Waals surface area contributed by atoms with Gasteiger partial charge in [-0.2, -0.15) is 30.7 Å². The molecule has 15 rings (SSSR count). The lowest BCUT2D eigenvalue weighted by molar-refractivity contribution is -0.175. The summed E-state index contributed by atoms with van der Waals surface area (Å²) in [5.41, 5.74) is 16.7. The number of benzene rings is 5. The average molecular weight is 1850 g/mol. The van der Waals surface area contributed by atoms with Gasteiger partial charge >= 0.3 is 12.4 Å². The molecule has 12 aromatic rings. The number of amides is 3. The van der Waals surface area contributed by atoms with Crippen LogP contribution in [0.1, 0.15) is 160 Å². The molecule has 0 unspecified atom stereocenters. The van der Waals surface area contributed by atoms with E-state index in [1.165, 1.54) is 13.8 Å². The summed E-state index contributed by atoms with van der Waals surface area (Å²) in [6.07, 6.45) is -6.67. The molecule has 27 nitrogen and oxygen atoms in total. The summed E-state index contributed by atoms with van der Waals surface area (Å²) in [5, 5.41) is 19.4. The zero-order valence-electron chi connectivity index (χ0n) is 66.4. The second-order valence-corrected chi connectivity index (χ2v) is 29.2. The number of H-pyrrole nitrogens is 2. The molecule has 40 heteroatoms. The first-order valence-corrected chi connectivity index (χ1v) is 37.8. The zero-order chi connectivity index (χ0) is 86.5. The predicted molar refractivity (Wildman–Crippen MR) is 461 cm³/mol. The number of nitrogens with zero attached hydrogens (tertiary/aromatic N) is 10. The number of hydrogen-bond acceptors (Lipinski definition) is 21. The Bertz CT molecular complexity index is 5720. The summed E-state index contributed by atoms with van der Waals surface area (Å²) in [6.45, 7) is 18.3. The summed E-state index contributed by atoms with van der Waals surface area (Å²) in [7, 11) is 0. The Hall–Kier alpha value is -10.9. The number of alkyl halides is 7. The summed E-state index contributed by atoms with van der Waals surface area (Å²) < 4.78 is 87.5. The van der Waals surface area contributed by atoms with Crippen molar-refractivity contribution in [3.05, 3.63) is 192 Å². The first kappa shape index (κ1) is 102. The summed E-state index contributed by atoms with van der Waals surface area (Å²) in [5.74, 6) is -1.87. The molecule has 1 fully saturated rings. The second-order valence-electron chi connectivity index (χ2n) is 27.6. The monoisotopic (exact) mass is 1840 g/mol. The lowest BCUT2D eigenvalue weighted by atomic mass is 10.0. The number of para-hydroxylation sites is 5. The maximum Gasteiger partial charge on any atom is 0.410 e. The van der Waals surface area contributed by atoms with E-state index in [4.69, 9.17) is 44.7 Å². The van der Waals surface area contributed by atoms with Gasteiger partial charge in [-0.1, -0.05) is 101 Å². The molecule has 12 N–H and O–H groups in total. The number of Topliss-reactive ketones (excluding diaryl/α,β-unsaturated/α-hetero) is 4. The summed E-state index contributed by atoms with van der Waals surface area (Å²) in [6, 6.07) is 30.5. The van der Waals surface area contributed by atoms with E-state index in [0.29, 0.717) is 154 Å². The third-order valence-electron chi connectivity index (χ3n) is 17.4. The van der Waals surface area contributed by atoms with E-state index in [2.05, 4.69) is 103 Å². The molecule has 10 heterocycles. The maximum atomic E-state index is 13.3. The number of carbonyl (C=O) groups excluding carboxylic acids is 7. The number of piperidine rings is 1. The van der Waals surface area contributed by atoms with E-state index in [1.54, 1.807) is 94.4 Å². The molecule has 0 aliphatic carbocycles. The minimum Gasteiger partial charge on any atom is -0.481 e. The molecule has 7 aromatic heterocycles. The van der Waals surface area contributed by atoms with Crippen molar-refractivity contribution >= 4 is 183 Å². The van der Waals surface area contributed by atoms with Crippen molar-refractivity contribution in [1.82, 2.24) is 81.9 Å². The molecular weight excluding hydrogens is 1760 g/mol. The van der Waals surface area contributed by atoms with Gasteiger partial charge in [-0.25, -0.2) is 49.8 Å².